The van der Waals surface area contributed by atoms with Gasteiger partial charge in [-0.05, 0) is 24.1 Å². The number of carboxylic acid groups (broad SMARTS) is 1. The molecule has 0 aromatic heterocycles. The Morgan fingerprint density at radius 1 is 1.37 bits per heavy atom. The molecule has 0 spiro atoms. The number of unbranched alkanes of at least 4 members (excludes halogenated alkanes) is 1. The summed E-state index contributed by atoms with van der Waals surface area (Å²) in [5.41, 5.74) is 6.47. The van der Waals surface area contributed by atoms with Gasteiger partial charge in [0.25, 0.3) is 0 Å². The molecule has 0 aliphatic rings. The highest BCUT2D eigenvalue weighted by molar-refractivity contribution is 5.73. The first-order chi connectivity index (χ1) is 9.01. The molecule has 0 aliphatic heterocycles. The topological polar surface area (TPSA) is 102 Å². The van der Waals surface area contributed by atoms with Crippen LogP contribution in [0.2, 0.25) is 0 Å². The quantitative estimate of drug-likeness (QED) is 0.538. The lowest BCUT2D eigenvalue weighted by Crippen LogP contribution is -2.27. The molecule has 19 heavy (non-hydrogen) atoms. The number of rotatable bonds is 6. The second-order valence-corrected chi connectivity index (χ2v) is 4.15. The van der Waals surface area contributed by atoms with Crippen molar-refractivity contribution in [2.45, 2.75) is 26.2 Å². The molecule has 0 heterocycles. The number of carboxylic acids is 1. The molecule has 104 valence electrons. The van der Waals surface area contributed by atoms with E-state index in [9.17, 15) is 9.59 Å². The molecule has 1 amide bonds. The molecule has 6 heteroatoms. The first-order valence-corrected chi connectivity index (χ1v) is 6.08. The maximum Gasteiger partial charge on any atom is 0.412 e. The highest BCUT2D eigenvalue weighted by atomic mass is 16.6. The van der Waals surface area contributed by atoms with Gasteiger partial charge in [0.1, 0.15) is 5.75 Å². The zero-order chi connectivity index (χ0) is 14.3. The Morgan fingerprint density at radius 3 is 2.74 bits per heavy atom. The van der Waals surface area contributed by atoms with Crippen LogP contribution in [0.3, 0.4) is 0 Å². The molecule has 0 unspecified atom stereocenters. The predicted octanol–water partition coefficient (Wildman–Crippen LogP) is 1.78. The van der Waals surface area contributed by atoms with Crippen molar-refractivity contribution in [2.75, 3.05) is 12.3 Å². The highest BCUT2D eigenvalue weighted by Crippen LogP contribution is 2.19. The number of nitrogens with two attached hydrogens (primary N) is 1. The second kappa shape index (κ2) is 7.25. The number of hydrogen-bond acceptors (Lipinski definition) is 4. The van der Waals surface area contributed by atoms with Gasteiger partial charge in [0.2, 0.25) is 0 Å². The summed E-state index contributed by atoms with van der Waals surface area (Å²) in [7, 11) is 0. The number of anilines is 1. The van der Waals surface area contributed by atoms with Crippen LogP contribution in [-0.2, 0) is 11.2 Å². The van der Waals surface area contributed by atoms with Crippen LogP contribution in [0.4, 0.5) is 10.5 Å². The monoisotopic (exact) mass is 266 g/mol. The van der Waals surface area contributed by atoms with Crippen LogP contribution >= 0.6 is 0 Å². The van der Waals surface area contributed by atoms with Crippen molar-refractivity contribution in [1.29, 1.82) is 0 Å². The van der Waals surface area contributed by atoms with Gasteiger partial charge < -0.3 is 20.9 Å². The van der Waals surface area contributed by atoms with Crippen molar-refractivity contribution < 1.29 is 19.4 Å². The van der Waals surface area contributed by atoms with Crippen molar-refractivity contribution in [2.24, 2.45) is 0 Å². The molecule has 0 atom stereocenters. The second-order valence-electron chi connectivity index (χ2n) is 4.15. The predicted molar refractivity (Wildman–Crippen MR) is 71.1 cm³/mol. The third-order valence-electron chi connectivity index (χ3n) is 2.35. The van der Waals surface area contributed by atoms with E-state index < -0.39 is 12.1 Å². The molecule has 4 N–H and O–H groups in total. The van der Waals surface area contributed by atoms with Crippen LogP contribution < -0.4 is 15.8 Å². The minimum Gasteiger partial charge on any atom is -0.481 e. The van der Waals surface area contributed by atoms with Gasteiger partial charge in [-0.1, -0.05) is 13.3 Å². The van der Waals surface area contributed by atoms with Gasteiger partial charge in [0.05, 0.1) is 6.42 Å². The standard InChI is InChI=1S/C13H18N2O4/c1-2-3-4-15-13(18)19-11-6-9(7-12(16)17)5-10(14)8-11/h5-6,8H,2-4,7,14H2,1H3,(H,15,18)(H,16,17). The normalized spacial score (nSPS) is 9.95. The summed E-state index contributed by atoms with van der Waals surface area (Å²) in [5, 5.41) is 11.3. The van der Waals surface area contributed by atoms with Crippen LogP contribution in [-0.4, -0.2) is 23.7 Å². The number of carbonyl (C=O) groups excluding carboxylic acids is 1. The van der Waals surface area contributed by atoms with Crippen LogP contribution in [0, 0.1) is 0 Å². The number of amides is 1. The highest BCUT2D eigenvalue weighted by Gasteiger charge is 2.08. The molecule has 1 aromatic carbocycles. The van der Waals surface area contributed by atoms with Crippen LogP contribution in [0.25, 0.3) is 0 Å². The van der Waals surface area contributed by atoms with E-state index in [1.807, 2.05) is 6.92 Å². The molecule has 0 radical (unpaired) electrons. The summed E-state index contributed by atoms with van der Waals surface area (Å²) < 4.78 is 5.04. The molecule has 0 saturated carbocycles. The number of benzene rings is 1. The number of aliphatic carboxylic acids is 1. The Hall–Kier alpha value is -2.24. The lowest BCUT2D eigenvalue weighted by Gasteiger charge is -2.08. The van der Waals surface area contributed by atoms with Gasteiger partial charge in [-0.25, -0.2) is 4.79 Å². The Balaban J connectivity index is 2.64. The summed E-state index contributed by atoms with van der Waals surface area (Å²) in [5.74, 6) is -0.728. The summed E-state index contributed by atoms with van der Waals surface area (Å²) in [4.78, 5) is 22.1. The number of nitrogen functional groups attached to an aromatic ring is 1. The van der Waals surface area contributed by atoms with Gasteiger partial charge in [-0.2, -0.15) is 0 Å². The molecule has 1 rings (SSSR count). The van der Waals surface area contributed by atoms with Gasteiger partial charge in [-0.3, -0.25) is 4.79 Å². The van der Waals surface area contributed by atoms with E-state index in [2.05, 4.69) is 5.32 Å². The third kappa shape index (κ3) is 5.76. The number of nitrogens with one attached hydrogen (secondary N) is 1. The lowest BCUT2D eigenvalue weighted by molar-refractivity contribution is -0.136. The summed E-state index contributed by atoms with van der Waals surface area (Å²) >= 11 is 0. The third-order valence-corrected chi connectivity index (χ3v) is 2.35. The molecule has 0 saturated heterocycles. The molecular weight excluding hydrogens is 248 g/mol. The van der Waals surface area contributed by atoms with E-state index in [1.54, 1.807) is 0 Å². The largest absolute Gasteiger partial charge is 0.481 e. The van der Waals surface area contributed by atoms with Crippen molar-refractivity contribution in [3.05, 3.63) is 23.8 Å². The van der Waals surface area contributed by atoms with Crippen LogP contribution in [0.5, 0.6) is 5.75 Å². The van der Waals surface area contributed by atoms with E-state index in [4.69, 9.17) is 15.6 Å². The zero-order valence-corrected chi connectivity index (χ0v) is 10.8. The molecule has 1 aromatic rings. The SMILES string of the molecule is CCCCNC(=O)Oc1cc(N)cc(CC(=O)O)c1. The van der Waals surface area contributed by atoms with Gasteiger partial charge in [0.15, 0.2) is 0 Å². The van der Waals surface area contributed by atoms with Gasteiger partial charge >= 0.3 is 12.1 Å². The fraction of sp³-hybridized carbons (Fsp3) is 0.385. The molecule has 0 fully saturated rings. The minimum atomic E-state index is -0.969. The van der Waals surface area contributed by atoms with Crippen molar-refractivity contribution >= 4 is 17.7 Å². The maximum absolute atomic E-state index is 11.4. The van der Waals surface area contributed by atoms with E-state index in [-0.39, 0.29) is 12.2 Å². The van der Waals surface area contributed by atoms with Crippen molar-refractivity contribution in [3.8, 4) is 5.75 Å². The molecular formula is C13H18N2O4. The summed E-state index contributed by atoms with van der Waals surface area (Å²) in [6, 6.07) is 4.50. The van der Waals surface area contributed by atoms with E-state index in [0.717, 1.165) is 12.8 Å². The average molecular weight is 266 g/mol. The Bertz CT molecular complexity index is 460. The Labute approximate surface area is 111 Å². The number of ether oxygens (including phenoxy) is 1. The first kappa shape index (κ1) is 14.8. The molecule has 6 nitrogen and oxygen atoms in total. The minimum absolute atomic E-state index is 0.168. The van der Waals surface area contributed by atoms with Crippen molar-refractivity contribution in [1.82, 2.24) is 5.32 Å². The maximum atomic E-state index is 11.4. The van der Waals surface area contributed by atoms with Gasteiger partial charge in [0, 0.05) is 18.3 Å². The lowest BCUT2D eigenvalue weighted by atomic mass is 10.1. The smallest absolute Gasteiger partial charge is 0.412 e. The van der Waals surface area contributed by atoms with Gasteiger partial charge in [-0.15, -0.1) is 0 Å². The molecule has 0 bridgehead atoms. The number of hydrogen-bond donors (Lipinski definition) is 3. The average Bonchev–Trinajstić information content (AvgIpc) is 2.27. The fourth-order valence-corrected chi connectivity index (χ4v) is 1.53. The zero-order valence-electron chi connectivity index (χ0n) is 10.8. The number of carbonyl (C=O) groups is 2. The molecule has 0 aliphatic carbocycles. The van der Waals surface area contributed by atoms with E-state index >= 15 is 0 Å². The fourth-order valence-electron chi connectivity index (χ4n) is 1.53. The van der Waals surface area contributed by atoms with Crippen LogP contribution in [0.1, 0.15) is 25.3 Å². The van der Waals surface area contributed by atoms with Crippen molar-refractivity contribution in [3.63, 3.8) is 0 Å². The Morgan fingerprint density at radius 2 is 2.11 bits per heavy atom. The summed E-state index contributed by atoms with van der Waals surface area (Å²) in [6.45, 7) is 2.56. The van der Waals surface area contributed by atoms with E-state index in [0.29, 0.717) is 17.8 Å². The van der Waals surface area contributed by atoms with E-state index in [1.165, 1.54) is 18.2 Å². The summed E-state index contributed by atoms with van der Waals surface area (Å²) in [6.07, 6.45) is 1.11. The Kier molecular flexibility index (Phi) is 5.66. The first-order valence-electron chi connectivity index (χ1n) is 6.08. The van der Waals surface area contributed by atoms with Crippen LogP contribution in [0.15, 0.2) is 18.2 Å².